The topological polar surface area (TPSA) is 102 Å². The van der Waals surface area contributed by atoms with Crippen molar-refractivity contribution in [2.45, 2.75) is 25.9 Å². The van der Waals surface area contributed by atoms with Gasteiger partial charge < -0.3 is 19.3 Å². The smallest absolute Gasteiger partial charge is 0.290 e. The highest BCUT2D eigenvalue weighted by Gasteiger charge is 2.45. The van der Waals surface area contributed by atoms with Crippen LogP contribution in [0, 0.1) is 6.92 Å². The summed E-state index contributed by atoms with van der Waals surface area (Å²) in [4.78, 5) is 38.9. The highest BCUT2D eigenvalue weighted by molar-refractivity contribution is 7.19. The number of aliphatic hydroxyl groups excluding tert-OH is 1. The lowest BCUT2D eigenvalue weighted by molar-refractivity contribution is -0.129. The van der Waals surface area contributed by atoms with Gasteiger partial charge in [0.15, 0.2) is 10.7 Å². The number of hydrogen-bond donors (Lipinski definition) is 1. The minimum atomic E-state index is -0.792. The van der Waals surface area contributed by atoms with Crippen LogP contribution in [0.25, 0.3) is 16.0 Å². The molecule has 192 valence electrons. The average Bonchev–Trinajstić information content (AvgIpc) is 3.70. The first-order valence-electron chi connectivity index (χ1n) is 12.2. The zero-order chi connectivity index (χ0) is 26.4. The molecule has 0 radical (unpaired) electrons. The molecule has 0 fully saturated rings. The van der Waals surface area contributed by atoms with E-state index >= 15 is 0 Å². The molecule has 1 unspecified atom stereocenters. The standard InChI is InChI=1S/C28H25N5O4S/c1-17-26(38-28-30-19-9-4-5-10-20(19)33(17)28)24(34)22-23(18-8-3-6-11-21(18)37-2)32(27(36)25(22)35)14-7-13-31-15-12-29-16-31/h3-6,8-12,15-16,23,35H,7,13-14H2,1-2H3. The second-order valence-electron chi connectivity index (χ2n) is 9.12. The number of imidazole rings is 2. The summed E-state index contributed by atoms with van der Waals surface area (Å²) < 4.78 is 9.47. The third-order valence-corrected chi connectivity index (χ3v) is 8.09. The fraction of sp³-hybridized carbons (Fsp3) is 0.214. The number of para-hydroxylation sites is 3. The predicted molar refractivity (Wildman–Crippen MR) is 144 cm³/mol. The van der Waals surface area contributed by atoms with Gasteiger partial charge in [0.1, 0.15) is 5.75 Å². The summed E-state index contributed by atoms with van der Waals surface area (Å²) in [6.07, 6.45) is 5.88. The van der Waals surface area contributed by atoms with Crippen molar-refractivity contribution in [1.29, 1.82) is 0 Å². The Labute approximate surface area is 222 Å². The molecular formula is C28H25N5O4S. The van der Waals surface area contributed by atoms with E-state index in [9.17, 15) is 14.7 Å². The molecule has 9 nitrogen and oxygen atoms in total. The first-order chi connectivity index (χ1) is 18.5. The van der Waals surface area contributed by atoms with Gasteiger partial charge in [-0.3, -0.25) is 14.0 Å². The lowest BCUT2D eigenvalue weighted by Crippen LogP contribution is -2.32. The van der Waals surface area contributed by atoms with Crippen LogP contribution in [0.1, 0.15) is 33.4 Å². The second-order valence-corrected chi connectivity index (χ2v) is 10.1. The maximum atomic E-state index is 14.1. The number of benzene rings is 2. The first kappa shape index (κ1) is 23.9. The normalized spacial score (nSPS) is 15.8. The van der Waals surface area contributed by atoms with Crippen LogP contribution < -0.4 is 4.74 Å². The fourth-order valence-electron chi connectivity index (χ4n) is 5.17. The minimum Gasteiger partial charge on any atom is -0.503 e. The molecular weight excluding hydrogens is 502 g/mol. The Morgan fingerprint density at radius 1 is 1.13 bits per heavy atom. The highest BCUT2D eigenvalue weighted by Crippen LogP contribution is 2.43. The average molecular weight is 528 g/mol. The van der Waals surface area contributed by atoms with Crippen LogP contribution >= 0.6 is 11.3 Å². The number of aliphatic hydroxyl groups is 1. The maximum Gasteiger partial charge on any atom is 0.290 e. The van der Waals surface area contributed by atoms with Gasteiger partial charge in [0.2, 0.25) is 5.78 Å². The van der Waals surface area contributed by atoms with Gasteiger partial charge in [0, 0.05) is 36.7 Å². The third-order valence-electron chi connectivity index (χ3n) is 6.95. The molecule has 1 atom stereocenters. The number of methoxy groups -OCH3 is 1. The van der Waals surface area contributed by atoms with Crippen LogP contribution in [0.5, 0.6) is 5.75 Å². The van der Waals surface area contributed by atoms with E-state index in [4.69, 9.17) is 4.74 Å². The van der Waals surface area contributed by atoms with E-state index in [1.807, 2.05) is 64.6 Å². The number of hydrogen-bond acceptors (Lipinski definition) is 7. The van der Waals surface area contributed by atoms with Crippen molar-refractivity contribution in [2.75, 3.05) is 13.7 Å². The van der Waals surface area contributed by atoms with Crippen molar-refractivity contribution in [3.8, 4) is 5.75 Å². The van der Waals surface area contributed by atoms with Crippen LogP contribution in [0.15, 0.2) is 78.6 Å². The Balaban J connectivity index is 1.42. The predicted octanol–water partition coefficient (Wildman–Crippen LogP) is 4.73. The van der Waals surface area contributed by atoms with Crippen molar-refractivity contribution in [3.05, 3.63) is 94.7 Å². The molecule has 1 N–H and O–H groups in total. The molecule has 10 heteroatoms. The molecule has 1 aliphatic rings. The van der Waals surface area contributed by atoms with Gasteiger partial charge in [-0.05, 0) is 31.5 Å². The zero-order valence-corrected chi connectivity index (χ0v) is 21.7. The van der Waals surface area contributed by atoms with Crippen molar-refractivity contribution < 1.29 is 19.4 Å². The Morgan fingerprint density at radius 2 is 1.92 bits per heavy atom. The van der Waals surface area contributed by atoms with Crippen LogP contribution in [-0.2, 0) is 11.3 Å². The second kappa shape index (κ2) is 9.46. The molecule has 4 heterocycles. The number of nitrogens with zero attached hydrogens (tertiary/aromatic N) is 5. The van der Waals surface area contributed by atoms with Crippen LogP contribution in [0.4, 0.5) is 0 Å². The van der Waals surface area contributed by atoms with Crippen LogP contribution in [0.2, 0.25) is 0 Å². The summed E-state index contributed by atoms with van der Waals surface area (Å²) in [5.74, 6) is -0.947. The van der Waals surface area contributed by atoms with Crippen LogP contribution in [0.3, 0.4) is 0 Å². The number of amides is 1. The minimum absolute atomic E-state index is 0.0547. The van der Waals surface area contributed by atoms with Crippen molar-refractivity contribution in [3.63, 3.8) is 0 Å². The van der Waals surface area contributed by atoms with Crippen LogP contribution in [-0.4, -0.2) is 54.3 Å². The molecule has 0 bridgehead atoms. The molecule has 6 rings (SSSR count). The van der Waals surface area contributed by atoms with E-state index in [-0.39, 0.29) is 11.4 Å². The SMILES string of the molecule is COc1ccccc1C1C(C(=O)c2sc3nc4ccccc4n3c2C)=C(O)C(=O)N1CCCn1ccnc1. The number of fused-ring (bicyclic) bond motifs is 3. The molecule has 2 aromatic carbocycles. The summed E-state index contributed by atoms with van der Waals surface area (Å²) in [6.45, 7) is 2.83. The fourth-order valence-corrected chi connectivity index (χ4v) is 6.27. The summed E-state index contributed by atoms with van der Waals surface area (Å²) in [5, 5.41) is 11.1. The van der Waals surface area contributed by atoms with E-state index in [2.05, 4.69) is 9.97 Å². The van der Waals surface area contributed by atoms with Gasteiger partial charge in [-0.2, -0.15) is 0 Å². The van der Waals surface area contributed by atoms with E-state index in [1.54, 1.807) is 30.6 Å². The number of Topliss-reactive ketones (excluding diaryl/α,β-unsaturated/α-hetero) is 1. The van der Waals surface area contributed by atoms with Gasteiger partial charge in [-0.15, -0.1) is 0 Å². The number of aromatic nitrogens is 4. The monoisotopic (exact) mass is 527 g/mol. The van der Waals surface area contributed by atoms with E-state index in [1.165, 1.54) is 11.3 Å². The number of ether oxygens (including phenoxy) is 1. The van der Waals surface area contributed by atoms with Crippen molar-refractivity contribution in [1.82, 2.24) is 23.8 Å². The molecule has 0 aliphatic carbocycles. The van der Waals surface area contributed by atoms with Gasteiger partial charge in [0.25, 0.3) is 5.91 Å². The van der Waals surface area contributed by atoms with Gasteiger partial charge >= 0.3 is 0 Å². The number of thiazole rings is 1. The lowest BCUT2D eigenvalue weighted by Gasteiger charge is -2.28. The quantitative estimate of drug-likeness (QED) is 0.293. The molecule has 5 aromatic rings. The number of carbonyl (C=O) groups is 2. The molecule has 1 amide bonds. The molecule has 0 spiro atoms. The third kappa shape index (κ3) is 3.76. The van der Waals surface area contributed by atoms with Gasteiger partial charge in [-0.1, -0.05) is 41.7 Å². The molecule has 0 saturated heterocycles. The van der Waals surface area contributed by atoms with Crippen molar-refractivity contribution in [2.24, 2.45) is 0 Å². The summed E-state index contributed by atoms with van der Waals surface area (Å²) in [7, 11) is 1.55. The number of ketones is 1. The summed E-state index contributed by atoms with van der Waals surface area (Å²) in [6, 6.07) is 14.2. The number of aryl methyl sites for hydroxylation is 2. The molecule has 1 aliphatic heterocycles. The molecule has 38 heavy (non-hydrogen) atoms. The maximum absolute atomic E-state index is 14.1. The highest BCUT2D eigenvalue weighted by atomic mass is 32.1. The Bertz CT molecular complexity index is 1720. The largest absolute Gasteiger partial charge is 0.503 e. The lowest BCUT2D eigenvalue weighted by atomic mass is 9.94. The Morgan fingerprint density at radius 3 is 2.71 bits per heavy atom. The summed E-state index contributed by atoms with van der Waals surface area (Å²) >= 11 is 1.26. The van der Waals surface area contributed by atoms with Gasteiger partial charge in [-0.25, -0.2) is 9.97 Å². The van der Waals surface area contributed by atoms with E-state index < -0.39 is 17.7 Å². The number of rotatable bonds is 8. The Hall–Kier alpha value is -4.44. The van der Waals surface area contributed by atoms with Gasteiger partial charge in [0.05, 0.1) is 41.0 Å². The van der Waals surface area contributed by atoms with Crippen molar-refractivity contribution >= 4 is 39.0 Å². The van der Waals surface area contributed by atoms with E-state index in [0.29, 0.717) is 46.4 Å². The first-order valence-corrected chi connectivity index (χ1v) is 13.0. The molecule has 0 saturated carbocycles. The molecule has 3 aromatic heterocycles. The summed E-state index contributed by atoms with van der Waals surface area (Å²) in [5.41, 5.74) is 3.16. The number of carbonyl (C=O) groups excluding carboxylic acids is 2. The van der Waals surface area contributed by atoms with E-state index in [0.717, 1.165) is 11.0 Å². The zero-order valence-electron chi connectivity index (χ0n) is 20.9. The Kier molecular flexibility index (Phi) is 5.96.